The Hall–Kier alpha value is -2.46. The second-order valence-electron chi connectivity index (χ2n) is 4.67. The molecule has 1 N–H and O–H groups in total. The molecule has 0 bridgehead atoms. The van der Waals surface area contributed by atoms with E-state index in [9.17, 15) is 4.79 Å². The van der Waals surface area contributed by atoms with Crippen LogP contribution in [0.25, 0.3) is 6.08 Å². The van der Waals surface area contributed by atoms with Crippen LogP contribution in [0.2, 0.25) is 5.02 Å². The van der Waals surface area contributed by atoms with Crippen molar-refractivity contribution in [2.24, 2.45) is 0 Å². The lowest BCUT2D eigenvalue weighted by Crippen LogP contribution is -2.26. The Kier molecular flexibility index (Phi) is 6.51. The fourth-order valence-electron chi connectivity index (χ4n) is 1.85. The zero-order valence-electron chi connectivity index (χ0n) is 12.8. The van der Waals surface area contributed by atoms with Crippen molar-refractivity contribution in [3.63, 3.8) is 0 Å². The number of hydrogen-bond acceptors (Lipinski definition) is 3. The van der Waals surface area contributed by atoms with Crippen LogP contribution in [0.1, 0.15) is 5.56 Å². The predicted molar refractivity (Wildman–Crippen MR) is 92.0 cm³/mol. The number of nitrogens with one attached hydrogen (secondary N) is 1. The van der Waals surface area contributed by atoms with Crippen molar-refractivity contribution in [2.75, 3.05) is 20.3 Å². The van der Waals surface area contributed by atoms with Gasteiger partial charge in [-0.2, -0.15) is 0 Å². The molecule has 2 aromatic carbocycles. The van der Waals surface area contributed by atoms with Crippen LogP contribution < -0.4 is 14.8 Å². The van der Waals surface area contributed by atoms with Crippen molar-refractivity contribution in [1.29, 1.82) is 0 Å². The van der Waals surface area contributed by atoms with E-state index in [-0.39, 0.29) is 5.91 Å². The van der Waals surface area contributed by atoms with Gasteiger partial charge in [-0.1, -0.05) is 29.8 Å². The van der Waals surface area contributed by atoms with Gasteiger partial charge in [-0.05, 0) is 42.0 Å². The lowest BCUT2D eigenvalue weighted by atomic mass is 10.2. The first kappa shape index (κ1) is 16.9. The average Bonchev–Trinajstić information content (AvgIpc) is 2.58. The quantitative estimate of drug-likeness (QED) is 0.623. The number of hydrogen-bond donors (Lipinski definition) is 1. The first-order valence-electron chi connectivity index (χ1n) is 7.16. The smallest absolute Gasteiger partial charge is 0.244 e. The van der Waals surface area contributed by atoms with Gasteiger partial charge in [0.05, 0.1) is 13.7 Å². The lowest BCUT2D eigenvalue weighted by Gasteiger charge is -2.07. The standard InChI is InChI=1S/C18H18ClNO3/c1-22-15-7-9-16(10-8-15)23-13-12-20-18(21)11-6-14-4-2-3-5-17(14)19/h2-11H,12-13H2,1H3,(H,20,21)/b11-6+. The van der Waals surface area contributed by atoms with Crippen LogP contribution in [-0.2, 0) is 4.79 Å². The van der Waals surface area contributed by atoms with Gasteiger partial charge in [0.2, 0.25) is 5.91 Å². The molecule has 0 atom stereocenters. The summed E-state index contributed by atoms with van der Waals surface area (Å²) in [6, 6.07) is 14.6. The predicted octanol–water partition coefficient (Wildman–Crippen LogP) is 3.56. The molecule has 0 heterocycles. The normalized spacial score (nSPS) is 10.5. The molecule has 4 nitrogen and oxygen atoms in total. The van der Waals surface area contributed by atoms with Gasteiger partial charge in [-0.15, -0.1) is 0 Å². The van der Waals surface area contributed by atoms with E-state index < -0.39 is 0 Å². The van der Waals surface area contributed by atoms with Gasteiger partial charge in [0.15, 0.2) is 0 Å². The maximum atomic E-state index is 11.7. The summed E-state index contributed by atoms with van der Waals surface area (Å²) >= 11 is 6.01. The fourth-order valence-corrected chi connectivity index (χ4v) is 2.05. The van der Waals surface area contributed by atoms with Crippen LogP contribution in [0.3, 0.4) is 0 Å². The highest BCUT2D eigenvalue weighted by atomic mass is 35.5. The van der Waals surface area contributed by atoms with Gasteiger partial charge < -0.3 is 14.8 Å². The van der Waals surface area contributed by atoms with E-state index in [1.165, 1.54) is 6.08 Å². The molecular formula is C18H18ClNO3. The summed E-state index contributed by atoms with van der Waals surface area (Å²) < 4.78 is 10.6. The summed E-state index contributed by atoms with van der Waals surface area (Å²) in [5.41, 5.74) is 0.804. The molecule has 0 spiro atoms. The topological polar surface area (TPSA) is 47.6 Å². The minimum atomic E-state index is -0.191. The van der Waals surface area contributed by atoms with Crippen LogP contribution in [0.15, 0.2) is 54.6 Å². The number of rotatable bonds is 7. The Balaban J connectivity index is 1.71. The molecule has 0 aliphatic rings. The highest BCUT2D eigenvalue weighted by Crippen LogP contribution is 2.17. The van der Waals surface area contributed by atoms with Crippen LogP contribution in [0, 0.1) is 0 Å². The third-order valence-corrected chi connectivity index (χ3v) is 3.39. The molecule has 2 aromatic rings. The second-order valence-corrected chi connectivity index (χ2v) is 5.08. The average molecular weight is 332 g/mol. The third kappa shape index (κ3) is 5.68. The molecule has 0 aromatic heterocycles. The van der Waals surface area contributed by atoms with Crippen LogP contribution in [-0.4, -0.2) is 26.2 Å². The van der Waals surface area contributed by atoms with E-state index in [1.54, 1.807) is 19.3 Å². The number of carbonyl (C=O) groups excluding carboxylic acids is 1. The molecule has 0 unspecified atom stereocenters. The van der Waals surface area contributed by atoms with Crippen LogP contribution in [0.4, 0.5) is 0 Å². The molecule has 0 fully saturated rings. The molecule has 120 valence electrons. The zero-order valence-corrected chi connectivity index (χ0v) is 13.5. The van der Waals surface area contributed by atoms with Gasteiger partial charge in [-0.25, -0.2) is 0 Å². The second kappa shape index (κ2) is 8.86. The summed E-state index contributed by atoms with van der Waals surface area (Å²) in [6.45, 7) is 0.801. The number of amides is 1. The molecular weight excluding hydrogens is 314 g/mol. The molecule has 0 radical (unpaired) electrons. The van der Waals surface area contributed by atoms with Gasteiger partial charge in [0.25, 0.3) is 0 Å². The summed E-state index contributed by atoms with van der Waals surface area (Å²) in [7, 11) is 1.61. The SMILES string of the molecule is COc1ccc(OCCNC(=O)/C=C/c2ccccc2Cl)cc1. The van der Waals surface area contributed by atoms with Gasteiger partial charge in [0.1, 0.15) is 18.1 Å². The summed E-state index contributed by atoms with van der Waals surface area (Å²) in [5.74, 6) is 1.31. The number of ether oxygens (including phenoxy) is 2. The summed E-state index contributed by atoms with van der Waals surface area (Å²) in [4.78, 5) is 11.7. The third-order valence-electron chi connectivity index (χ3n) is 3.05. The minimum absolute atomic E-state index is 0.191. The Morgan fingerprint density at radius 1 is 1.13 bits per heavy atom. The molecule has 23 heavy (non-hydrogen) atoms. The molecule has 0 aliphatic heterocycles. The van der Waals surface area contributed by atoms with E-state index >= 15 is 0 Å². The van der Waals surface area contributed by atoms with E-state index in [1.807, 2.05) is 42.5 Å². The number of carbonyl (C=O) groups is 1. The number of halogens is 1. The monoisotopic (exact) mass is 331 g/mol. The van der Waals surface area contributed by atoms with Crippen molar-refractivity contribution in [2.45, 2.75) is 0 Å². The Morgan fingerprint density at radius 3 is 2.52 bits per heavy atom. The van der Waals surface area contributed by atoms with Gasteiger partial charge >= 0.3 is 0 Å². The van der Waals surface area contributed by atoms with Crippen molar-refractivity contribution < 1.29 is 14.3 Å². The first-order chi connectivity index (χ1) is 11.2. The maximum absolute atomic E-state index is 11.7. The van der Waals surface area contributed by atoms with Crippen LogP contribution >= 0.6 is 11.6 Å². The first-order valence-corrected chi connectivity index (χ1v) is 7.54. The van der Waals surface area contributed by atoms with Crippen LogP contribution in [0.5, 0.6) is 11.5 Å². The zero-order chi connectivity index (χ0) is 16.5. The highest BCUT2D eigenvalue weighted by Gasteiger charge is 1.99. The van der Waals surface area contributed by atoms with E-state index in [2.05, 4.69) is 5.32 Å². The largest absolute Gasteiger partial charge is 0.497 e. The number of benzene rings is 2. The Labute approximate surface area is 140 Å². The van der Waals surface area contributed by atoms with E-state index in [0.717, 1.165) is 17.1 Å². The summed E-state index contributed by atoms with van der Waals surface area (Å²) in [6.07, 6.45) is 3.14. The molecule has 2 rings (SSSR count). The van der Waals surface area contributed by atoms with Crippen molar-refractivity contribution in [3.05, 3.63) is 65.2 Å². The van der Waals surface area contributed by atoms with Crippen molar-refractivity contribution >= 4 is 23.6 Å². The molecule has 0 saturated carbocycles. The molecule has 0 aliphatic carbocycles. The summed E-state index contributed by atoms with van der Waals surface area (Å²) in [5, 5.41) is 3.36. The number of methoxy groups -OCH3 is 1. The highest BCUT2D eigenvalue weighted by molar-refractivity contribution is 6.32. The van der Waals surface area contributed by atoms with E-state index in [4.69, 9.17) is 21.1 Å². The Bertz CT molecular complexity index is 668. The Morgan fingerprint density at radius 2 is 1.83 bits per heavy atom. The van der Waals surface area contributed by atoms with Gasteiger partial charge in [0, 0.05) is 11.1 Å². The van der Waals surface area contributed by atoms with Gasteiger partial charge in [-0.3, -0.25) is 4.79 Å². The molecule has 1 amide bonds. The van der Waals surface area contributed by atoms with E-state index in [0.29, 0.717) is 18.2 Å². The fraction of sp³-hybridized carbons (Fsp3) is 0.167. The minimum Gasteiger partial charge on any atom is -0.497 e. The maximum Gasteiger partial charge on any atom is 0.244 e. The van der Waals surface area contributed by atoms with Crippen molar-refractivity contribution in [3.8, 4) is 11.5 Å². The van der Waals surface area contributed by atoms with Crippen molar-refractivity contribution in [1.82, 2.24) is 5.32 Å². The lowest BCUT2D eigenvalue weighted by molar-refractivity contribution is -0.116. The molecule has 5 heteroatoms. The molecule has 0 saturated heterocycles.